The third kappa shape index (κ3) is 4.22. The number of fused-ring (bicyclic) bond motifs is 2. The van der Waals surface area contributed by atoms with Crippen molar-refractivity contribution in [3.05, 3.63) is 59.3 Å². The summed E-state index contributed by atoms with van der Waals surface area (Å²) >= 11 is 0. The van der Waals surface area contributed by atoms with Crippen molar-refractivity contribution in [1.29, 1.82) is 0 Å². The van der Waals surface area contributed by atoms with Crippen molar-refractivity contribution in [2.75, 3.05) is 13.3 Å². The van der Waals surface area contributed by atoms with E-state index in [1.807, 2.05) is 35.2 Å². The highest BCUT2D eigenvalue weighted by atomic mass is 16.5. The molecular weight excluding hydrogens is 484 g/mol. The summed E-state index contributed by atoms with van der Waals surface area (Å²) in [6.07, 6.45) is 6.45. The fourth-order valence-electron chi connectivity index (χ4n) is 6.14. The molecule has 3 saturated carbocycles. The Bertz CT molecular complexity index is 1240. The number of nitrogens with one attached hydrogen (secondary N) is 2. The van der Waals surface area contributed by atoms with Crippen LogP contribution in [0.15, 0.2) is 53.8 Å². The van der Waals surface area contributed by atoms with Gasteiger partial charge in [0.25, 0.3) is 0 Å². The molecule has 0 radical (unpaired) electrons. The first-order valence-corrected chi connectivity index (χ1v) is 13.5. The molecule has 1 aromatic rings. The maximum absolute atomic E-state index is 13.9. The Morgan fingerprint density at radius 2 is 1.92 bits per heavy atom. The van der Waals surface area contributed by atoms with Gasteiger partial charge >= 0.3 is 0 Å². The van der Waals surface area contributed by atoms with E-state index in [0.29, 0.717) is 30.9 Å². The summed E-state index contributed by atoms with van der Waals surface area (Å²) in [6.45, 7) is 2.95. The number of Topliss-reactive ketones (excluding diaryl/α,β-unsaturated/α-hetero) is 2. The van der Waals surface area contributed by atoms with Gasteiger partial charge < -0.3 is 20.7 Å². The molecule has 200 valence electrons. The number of ether oxygens (including phenoxy) is 1. The number of carbonyl (C=O) groups is 4. The molecule has 1 heterocycles. The van der Waals surface area contributed by atoms with Crippen molar-refractivity contribution in [1.82, 2.24) is 15.5 Å². The molecule has 1 aromatic carbocycles. The van der Waals surface area contributed by atoms with Crippen molar-refractivity contribution in [2.45, 2.75) is 62.8 Å². The maximum Gasteiger partial charge on any atom is 0.244 e. The first-order valence-electron chi connectivity index (χ1n) is 13.5. The van der Waals surface area contributed by atoms with Gasteiger partial charge in [-0.25, -0.2) is 0 Å². The van der Waals surface area contributed by atoms with Crippen molar-refractivity contribution in [3.8, 4) is 0 Å². The van der Waals surface area contributed by atoms with E-state index >= 15 is 0 Å². The lowest BCUT2D eigenvalue weighted by molar-refractivity contribution is -0.142. The van der Waals surface area contributed by atoms with Gasteiger partial charge in [-0.05, 0) is 55.7 Å². The molecule has 6 rings (SSSR count). The van der Waals surface area contributed by atoms with E-state index in [1.54, 1.807) is 6.08 Å². The molecule has 1 spiro atoms. The summed E-state index contributed by atoms with van der Waals surface area (Å²) in [7, 11) is 0. The number of rotatable bonds is 8. The number of hydrogen-bond donors (Lipinski definition) is 3. The molecule has 38 heavy (non-hydrogen) atoms. The van der Waals surface area contributed by atoms with Crippen molar-refractivity contribution >= 4 is 23.4 Å². The van der Waals surface area contributed by atoms with Crippen molar-refractivity contribution in [3.63, 3.8) is 0 Å². The Balaban J connectivity index is 1.28. The highest BCUT2D eigenvalue weighted by Crippen LogP contribution is 2.49. The zero-order valence-corrected chi connectivity index (χ0v) is 21.6. The Labute approximate surface area is 221 Å². The van der Waals surface area contributed by atoms with E-state index in [1.165, 1.54) is 6.08 Å². The second-order valence-corrected chi connectivity index (χ2v) is 11.5. The molecule has 1 aliphatic heterocycles. The predicted molar refractivity (Wildman–Crippen MR) is 138 cm³/mol. The number of carbonyl (C=O) groups excluding carboxylic acids is 4. The Kier molecular flexibility index (Phi) is 6.13. The van der Waals surface area contributed by atoms with Crippen LogP contribution in [0.2, 0.25) is 0 Å². The lowest BCUT2D eigenvalue weighted by Crippen LogP contribution is -2.45. The quantitative estimate of drug-likeness (QED) is 0.473. The van der Waals surface area contributed by atoms with Gasteiger partial charge in [0.1, 0.15) is 0 Å². The van der Waals surface area contributed by atoms with Gasteiger partial charge in [-0.15, -0.1) is 0 Å². The minimum Gasteiger partial charge on any atom is -0.346 e. The molecule has 4 atom stereocenters. The SMILES string of the molecule is C[C@@H](C1CC1)N(Cc1ccccc1)C(=O)CC1C(=O)C2(CNCO2)C2=CC=C(NC(=O)C3(N)CC3)C(=O)C21. The second kappa shape index (κ2) is 9.25. The van der Waals surface area contributed by atoms with Crippen LogP contribution in [0.3, 0.4) is 0 Å². The summed E-state index contributed by atoms with van der Waals surface area (Å²) in [5.41, 5.74) is 5.51. The van der Waals surface area contributed by atoms with Gasteiger partial charge in [0.05, 0.1) is 23.9 Å². The Hall–Kier alpha value is -3.14. The smallest absolute Gasteiger partial charge is 0.244 e. The standard InChI is InChI=1S/C29H34N4O5/c1-17(19-7-8-19)33(14-18-5-3-2-4-6-18)23(34)13-20-24-21(29(26(20)36)15-31-16-38-29)9-10-22(25(24)35)32-27(37)28(30)11-12-28/h2-6,9-10,17,19-20,24,31H,7-8,11-16,30H2,1H3,(H,32,37)/t17-,20?,24?,29?/m0/s1. The van der Waals surface area contributed by atoms with E-state index in [0.717, 1.165) is 18.4 Å². The zero-order valence-electron chi connectivity index (χ0n) is 21.6. The summed E-state index contributed by atoms with van der Waals surface area (Å²) in [5.74, 6) is -2.47. The zero-order chi connectivity index (χ0) is 26.7. The van der Waals surface area contributed by atoms with Crippen LogP contribution in [-0.2, 0) is 30.5 Å². The maximum atomic E-state index is 13.9. The van der Waals surface area contributed by atoms with Crippen LogP contribution in [0.5, 0.6) is 0 Å². The molecule has 5 aliphatic rings. The number of benzene rings is 1. The molecule has 0 bridgehead atoms. The van der Waals surface area contributed by atoms with E-state index in [2.05, 4.69) is 17.6 Å². The van der Waals surface area contributed by atoms with Gasteiger partial charge in [0.15, 0.2) is 17.2 Å². The van der Waals surface area contributed by atoms with Crippen molar-refractivity contribution in [2.24, 2.45) is 23.5 Å². The predicted octanol–water partition coefficient (Wildman–Crippen LogP) is 1.34. The Morgan fingerprint density at radius 3 is 2.55 bits per heavy atom. The highest BCUT2D eigenvalue weighted by molar-refractivity contribution is 6.13. The average molecular weight is 519 g/mol. The van der Waals surface area contributed by atoms with Gasteiger partial charge in [0.2, 0.25) is 11.8 Å². The van der Waals surface area contributed by atoms with Crippen LogP contribution >= 0.6 is 0 Å². The molecular formula is C29H34N4O5. The average Bonchev–Trinajstić information content (AvgIpc) is 3.84. The minimum atomic E-state index is -1.27. The third-order valence-corrected chi connectivity index (χ3v) is 8.91. The van der Waals surface area contributed by atoms with Crippen LogP contribution in [0.4, 0.5) is 0 Å². The number of nitrogens with two attached hydrogens (primary N) is 1. The molecule has 0 aromatic heterocycles. The molecule has 2 amide bonds. The van der Waals surface area contributed by atoms with Gasteiger partial charge in [0, 0.05) is 31.5 Å². The second-order valence-electron chi connectivity index (χ2n) is 11.5. The Morgan fingerprint density at radius 1 is 1.18 bits per heavy atom. The lowest BCUT2D eigenvalue weighted by Gasteiger charge is -2.31. The summed E-state index contributed by atoms with van der Waals surface area (Å²) in [5, 5.41) is 5.77. The van der Waals surface area contributed by atoms with E-state index in [4.69, 9.17) is 10.5 Å². The van der Waals surface area contributed by atoms with Crippen LogP contribution in [-0.4, -0.2) is 58.7 Å². The summed E-state index contributed by atoms with van der Waals surface area (Å²) < 4.78 is 5.93. The monoisotopic (exact) mass is 518 g/mol. The molecule has 9 nitrogen and oxygen atoms in total. The highest BCUT2D eigenvalue weighted by Gasteiger charge is 2.62. The van der Waals surface area contributed by atoms with E-state index in [9.17, 15) is 19.2 Å². The number of allylic oxidation sites excluding steroid dienone is 3. The van der Waals surface area contributed by atoms with Gasteiger partial charge in [-0.1, -0.05) is 36.4 Å². The molecule has 4 fully saturated rings. The number of ketones is 2. The van der Waals surface area contributed by atoms with Crippen LogP contribution in [0.25, 0.3) is 0 Å². The first kappa shape index (κ1) is 25.2. The molecule has 1 saturated heterocycles. The minimum absolute atomic E-state index is 0.0312. The molecule has 3 unspecified atom stereocenters. The fourth-order valence-corrected chi connectivity index (χ4v) is 6.14. The van der Waals surface area contributed by atoms with E-state index < -0.39 is 28.9 Å². The normalized spacial score (nSPS) is 29.9. The summed E-state index contributed by atoms with van der Waals surface area (Å²) in [6, 6.07) is 9.84. The van der Waals surface area contributed by atoms with Gasteiger partial charge in [-0.3, -0.25) is 24.5 Å². The summed E-state index contributed by atoms with van der Waals surface area (Å²) in [4.78, 5) is 56.0. The largest absolute Gasteiger partial charge is 0.346 e. The number of hydrogen-bond acceptors (Lipinski definition) is 7. The van der Waals surface area contributed by atoms with Crippen LogP contribution < -0.4 is 16.4 Å². The number of nitrogens with zero attached hydrogens (tertiary/aromatic N) is 1. The van der Waals surface area contributed by atoms with E-state index in [-0.39, 0.29) is 48.9 Å². The van der Waals surface area contributed by atoms with Gasteiger partial charge in [-0.2, -0.15) is 0 Å². The molecule has 4 aliphatic carbocycles. The van der Waals surface area contributed by atoms with Crippen LogP contribution in [0, 0.1) is 17.8 Å². The molecule has 9 heteroatoms. The first-order chi connectivity index (χ1) is 18.2. The fraction of sp³-hybridized carbons (Fsp3) is 0.517. The third-order valence-electron chi connectivity index (χ3n) is 8.91. The molecule has 4 N–H and O–H groups in total. The van der Waals surface area contributed by atoms with Crippen molar-refractivity contribution < 1.29 is 23.9 Å². The number of amides is 2. The topological polar surface area (TPSA) is 131 Å². The van der Waals surface area contributed by atoms with Crippen LogP contribution in [0.1, 0.15) is 44.6 Å². The lowest BCUT2D eigenvalue weighted by atomic mass is 9.81.